The van der Waals surface area contributed by atoms with Crippen LogP contribution in [0.5, 0.6) is 5.75 Å². The van der Waals surface area contributed by atoms with Gasteiger partial charge in [0.25, 0.3) is 0 Å². The molecule has 2 bridgehead atoms. The number of esters is 3. The Morgan fingerprint density at radius 1 is 0.898 bits per heavy atom. The predicted octanol–water partition coefficient (Wildman–Crippen LogP) is 4.18. The van der Waals surface area contributed by atoms with Gasteiger partial charge in [0.1, 0.15) is 11.2 Å². The molecule has 59 heavy (non-hydrogen) atoms. The van der Waals surface area contributed by atoms with Crippen LogP contribution in [0.2, 0.25) is 0 Å². The Morgan fingerprint density at radius 3 is 2.36 bits per heavy atom. The number of aliphatic hydroxyl groups is 2. The molecule has 5 aliphatic heterocycles. The number of carbonyl (C=O) groups is 3. The van der Waals surface area contributed by atoms with Crippen LogP contribution in [0.25, 0.3) is 5.57 Å². The van der Waals surface area contributed by atoms with Crippen molar-refractivity contribution >= 4 is 29.2 Å². The summed E-state index contributed by atoms with van der Waals surface area (Å²) in [5, 5.41) is 25.0. The van der Waals surface area contributed by atoms with Crippen molar-refractivity contribution in [2.45, 2.75) is 92.9 Å². The number of carbonyl (C=O) groups excluding carboxylic acids is 3. The molecule has 1 unspecified atom stereocenters. The molecule has 2 N–H and O–H groups in total. The zero-order valence-electron chi connectivity index (χ0n) is 35.5. The number of methoxy groups -OCH3 is 4. The molecule has 1 saturated carbocycles. The van der Waals surface area contributed by atoms with Crippen molar-refractivity contribution in [1.82, 2.24) is 9.80 Å². The maximum absolute atomic E-state index is 15.4. The molecule has 2 saturated heterocycles. The van der Waals surface area contributed by atoms with Crippen LogP contribution in [-0.4, -0.2) is 129 Å². The van der Waals surface area contributed by atoms with Gasteiger partial charge in [-0.2, -0.15) is 0 Å². The quantitative estimate of drug-likeness (QED) is 0.236. The lowest BCUT2D eigenvalue weighted by atomic mass is 9.46. The highest BCUT2D eigenvalue weighted by molar-refractivity contribution is 5.95. The molecule has 0 aromatic heterocycles. The van der Waals surface area contributed by atoms with Crippen molar-refractivity contribution in [3.63, 3.8) is 0 Å². The highest BCUT2D eigenvalue weighted by Gasteiger charge is 2.75. The Kier molecular flexibility index (Phi) is 9.47. The van der Waals surface area contributed by atoms with Gasteiger partial charge >= 0.3 is 17.9 Å². The molecule has 2 aromatic carbocycles. The van der Waals surface area contributed by atoms with Crippen LogP contribution in [0.4, 0.5) is 5.69 Å². The van der Waals surface area contributed by atoms with E-state index in [0.717, 1.165) is 40.1 Å². The van der Waals surface area contributed by atoms with Gasteiger partial charge in [0.05, 0.1) is 57.5 Å². The van der Waals surface area contributed by atoms with Crippen LogP contribution < -0.4 is 9.64 Å². The molecule has 1 spiro atoms. The van der Waals surface area contributed by atoms with E-state index in [0.29, 0.717) is 63.1 Å². The Balaban J connectivity index is 1.35. The van der Waals surface area contributed by atoms with Crippen LogP contribution in [0, 0.1) is 17.3 Å². The van der Waals surface area contributed by atoms with Gasteiger partial charge in [-0.15, -0.1) is 0 Å². The van der Waals surface area contributed by atoms with Gasteiger partial charge in [0, 0.05) is 80.3 Å². The van der Waals surface area contributed by atoms with E-state index in [1.807, 2.05) is 32.2 Å². The third kappa shape index (κ3) is 5.31. The summed E-state index contributed by atoms with van der Waals surface area (Å²) in [6.45, 7) is 6.79. The topological polar surface area (TPSA) is 138 Å². The van der Waals surface area contributed by atoms with Gasteiger partial charge in [0.2, 0.25) is 0 Å². The summed E-state index contributed by atoms with van der Waals surface area (Å²) in [6, 6.07) is 11.7. The highest BCUT2D eigenvalue weighted by Crippen LogP contribution is 2.69. The second kappa shape index (κ2) is 13.9. The predicted molar refractivity (Wildman–Crippen MR) is 221 cm³/mol. The molecule has 12 nitrogen and oxygen atoms in total. The summed E-state index contributed by atoms with van der Waals surface area (Å²) in [4.78, 5) is 50.7. The molecular weight excluding hydrogens is 751 g/mol. The molecule has 0 amide bonds. The molecule has 3 fully saturated rings. The lowest BCUT2D eigenvalue weighted by Crippen LogP contribution is -2.72. The molecule has 2 aromatic rings. The van der Waals surface area contributed by atoms with E-state index in [4.69, 9.17) is 18.9 Å². The van der Waals surface area contributed by atoms with Crippen molar-refractivity contribution in [3.05, 3.63) is 76.4 Å². The summed E-state index contributed by atoms with van der Waals surface area (Å²) in [7, 11) is 7.77. The summed E-state index contributed by atoms with van der Waals surface area (Å²) in [6.07, 6.45) is 7.18. The minimum Gasteiger partial charge on any atom is -0.496 e. The number of ether oxygens (including phenoxy) is 4. The first-order valence-electron chi connectivity index (χ1n) is 21.3. The Hall–Kier alpha value is -4.23. The minimum absolute atomic E-state index is 0.0356. The zero-order valence-corrected chi connectivity index (χ0v) is 35.5. The first kappa shape index (κ1) is 40.2. The zero-order chi connectivity index (χ0) is 41.9. The molecular formula is C47H59N3O9. The summed E-state index contributed by atoms with van der Waals surface area (Å²) in [5.41, 5.74) is 0.898. The van der Waals surface area contributed by atoms with Crippen molar-refractivity contribution in [2.24, 2.45) is 17.3 Å². The molecule has 10 atom stereocenters. The van der Waals surface area contributed by atoms with Crippen LogP contribution >= 0.6 is 0 Å². The minimum atomic E-state index is -1.54. The molecule has 7 aliphatic rings. The summed E-state index contributed by atoms with van der Waals surface area (Å²) in [5.74, 6) is -2.63. The van der Waals surface area contributed by atoms with Gasteiger partial charge in [0.15, 0.2) is 0 Å². The number of rotatable bonds is 7. The monoisotopic (exact) mass is 809 g/mol. The van der Waals surface area contributed by atoms with E-state index in [1.165, 1.54) is 21.3 Å². The van der Waals surface area contributed by atoms with Gasteiger partial charge in [-0.05, 0) is 72.6 Å². The van der Waals surface area contributed by atoms with E-state index in [9.17, 15) is 19.8 Å². The van der Waals surface area contributed by atoms with E-state index < -0.39 is 63.2 Å². The number of hydrogen-bond donors (Lipinski definition) is 2. The van der Waals surface area contributed by atoms with Crippen LogP contribution in [0.3, 0.4) is 0 Å². The van der Waals surface area contributed by atoms with E-state index in [-0.39, 0.29) is 25.4 Å². The maximum atomic E-state index is 15.4. The molecule has 12 heteroatoms. The fraction of sp³-hybridized carbons (Fsp3) is 0.596. The third-order valence-electron chi connectivity index (χ3n) is 16.1. The maximum Gasteiger partial charge on any atom is 0.320 e. The smallest absolute Gasteiger partial charge is 0.320 e. The lowest BCUT2D eigenvalue weighted by molar-refractivity contribution is -0.174. The van der Waals surface area contributed by atoms with Gasteiger partial charge < -0.3 is 34.1 Å². The molecule has 9 rings (SSSR count). The standard InChI is InChI=1S/C47H59N3O9/c1-8-43(54)24-44(55)25-47(42(53)59-7,31-21-28-13-10-11-14-29(28)30(31)15-19-49(26-43)27-44)33-22-32-34(23-35(33)56-4)48(3)38-36(39(51)57-5)37(40(52)58-6)45(9-2)16-12-18-50-20-17-46(32,38)41(45)50/h10-14,16,22-23,36-38,41,54-55H,8-9,15,17-21,24-27H2,1-7H3/t36-,37+,38+,41+,43-,44-,45+,46-,47+/m1/s1. The van der Waals surface area contributed by atoms with E-state index >= 15 is 4.79 Å². The number of fused-ring (bicyclic) bond motifs is 5. The van der Waals surface area contributed by atoms with Crippen LogP contribution in [0.1, 0.15) is 74.6 Å². The SMILES string of the molecule is CC[C@]1(O)CN2CCC3=C(Cc4ccccc43)[C@](C(=O)OC)(c3cc4c(cc3OC)N(C)[C@H]3[C@H](C(=O)OC)[C@@H](C(=O)OC)[C@]5(CC)C=CCN6CC[C@@]43[C@@H]65)C[C@@](O)(C2)C1. The third-order valence-corrected chi connectivity index (χ3v) is 16.1. The molecule has 316 valence electrons. The van der Waals surface area contributed by atoms with Crippen molar-refractivity contribution in [3.8, 4) is 5.75 Å². The average molecular weight is 810 g/mol. The molecule has 0 radical (unpaired) electrons. The second-order valence-electron chi connectivity index (χ2n) is 18.5. The first-order valence-corrected chi connectivity index (χ1v) is 21.3. The number of piperidine rings is 1. The van der Waals surface area contributed by atoms with E-state index in [1.54, 1.807) is 7.11 Å². The normalized spacial score (nSPS) is 37.8. The molecule has 2 aliphatic carbocycles. The first-order chi connectivity index (χ1) is 28.2. The number of hydrogen-bond acceptors (Lipinski definition) is 12. The second-order valence-corrected chi connectivity index (χ2v) is 18.5. The molecule has 5 heterocycles. The average Bonchev–Trinajstić information content (AvgIpc) is 3.90. The van der Waals surface area contributed by atoms with Crippen molar-refractivity contribution in [2.75, 3.05) is 73.1 Å². The lowest BCUT2D eigenvalue weighted by Gasteiger charge is -2.61. The summed E-state index contributed by atoms with van der Waals surface area (Å²) >= 11 is 0. The number of benzene rings is 2. The number of anilines is 1. The Bertz CT molecular complexity index is 2170. The van der Waals surface area contributed by atoms with Gasteiger partial charge in [-0.1, -0.05) is 50.3 Å². The Labute approximate surface area is 347 Å². The highest BCUT2D eigenvalue weighted by atomic mass is 16.5. The van der Waals surface area contributed by atoms with Crippen molar-refractivity contribution in [1.29, 1.82) is 0 Å². The number of likely N-dealkylation sites (N-methyl/N-ethyl adjacent to an activating group) is 1. The van der Waals surface area contributed by atoms with Gasteiger partial charge in [-0.3, -0.25) is 24.2 Å². The van der Waals surface area contributed by atoms with Gasteiger partial charge in [-0.25, -0.2) is 0 Å². The fourth-order valence-electron chi connectivity index (χ4n) is 14.1. The van der Waals surface area contributed by atoms with Crippen molar-refractivity contribution < 1.29 is 43.5 Å². The Morgan fingerprint density at radius 2 is 1.66 bits per heavy atom. The summed E-state index contributed by atoms with van der Waals surface area (Å²) < 4.78 is 23.5. The number of nitrogens with zero attached hydrogens (tertiary/aromatic N) is 3. The van der Waals surface area contributed by atoms with E-state index in [2.05, 4.69) is 52.0 Å². The largest absolute Gasteiger partial charge is 0.496 e. The van der Waals surface area contributed by atoms with Crippen LogP contribution in [0.15, 0.2) is 54.1 Å². The fourth-order valence-corrected chi connectivity index (χ4v) is 14.1. The van der Waals surface area contributed by atoms with Crippen LogP contribution in [-0.2, 0) is 45.8 Å².